The molecule has 104 valence electrons. The molecule has 0 unspecified atom stereocenters. The fraction of sp³-hybridized carbons (Fsp3) is 0.357. The van der Waals surface area contributed by atoms with E-state index in [1.165, 1.54) is 23.8 Å². The van der Waals surface area contributed by atoms with E-state index in [-0.39, 0.29) is 24.1 Å². The third-order valence-electron chi connectivity index (χ3n) is 3.07. The van der Waals surface area contributed by atoms with Crippen LogP contribution >= 0.6 is 12.4 Å². The van der Waals surface area contributed by atoms with Crippen molar-refractivity contribution in [2.45, 2.75) is 13.3 Å². The van der Waals surface area contributed by atoms with Crippen molar-refractivity contribution in [1.82, 2.24) is 10.6 Å². The maximum Gasteiger partial charge on any atom is 0.251 e. The van der Waals surface area contributed by atoms with Gasteiger partial charge in [0.2, 0.25) is 0 Å². The Morgan fingerprint density at radius 1 is 1.47 bits per heavy atom. The van der Waals surface area contributed by atoms with E-state index in [2.05, 4.69) is 16.7 Å². The van der Waals surface area contributed by atoms with Gasteiger partial charge in [0, 0.05) is 18.7 Å². The number of carbonyl (C=O) groups excluding carboxylic acids is 1. The first-order valence-electron chi connectivity index (χ1n) is 6.10. The highest BCUT2D eigenvalue weighted by atomic mass is 35.5. The summed E-state index contributed by atoms with van der Waals surface area (Å²) in [6.45, 7) is 4.12. The monoisotopic (exact) mass is 284 g/mol. The van der Waals surface area contributed by atoms with Crippen LogP contribution in [0.5, 0.6) is 0 Å². The molecule has 0 aromatic heterocycles. The molecule has 0 saturated carbocycles. The number of amides is 1. The lowest BCUT2D eigenvalue weighted by Crippen LogP contribution is -2.30. The van der Waals surface area contributed by atoms with Gasteiger partial charge in [-0.15, -0.1) is 12.4 Å². The Hall–Kier alpha value is -1.39. The molecule has 2 rings (SSSR count). The van der Waals surface area contributed by atoms with Crippen molar-refractivity contribution < 1.29 is 9.18 Å². The number of hydrogen-bond donors (Lipinski definition) is 2. The number of halogens is 2. The fourth-order valence-corrected chi connectivity index (χ4v) is 2.00. The molecule has 19 heavy (non-hydrogen) atoms. The van der Waals surface area contributed by atoms with E-state index < -0.39 is 0 Å². The zero-order chi connectivity index (χ0) is 13.0. The lowest BCUT2D eigenvalue weighted by atomic mass is 10.1. The molecule has 0 fully saturated rings. The molecule has 1 aromatic carbocycles. The van der Waals surface area contributed by atoms with E-state index in [0.29, 0.717) is 17.7 Å². The van der Waals surface area contributed by atoms with Crippen molar-refractivity contribution >= 4 is 18.3 Å². The van der Waals surface area contributed by atoms with Gasteiger partial charge in [-0.3, -0.25) is 4.79 Å². The van der Waals surface area contributed by atoms with Gasteiger partial charge in [0.05, 0.1) is 0 Å². The Kier molecular flexibility index (Phi) is 5.99. The van der Waals surface area contributed by atoms with Crippen LogP contribution in [0.15, 0.2) is 29.8 Å². The summed E-state index contributed by atoms with van der Waals surface area (Å²) in [4.78, 5) is 11.9. The molecule has 2 N–H and O–H groups in total. The summed E-state index contributed by atoms with van der Waals surface area (Å²) in [5.41, 5.74) is 2.43. The molecular formula is C14H18ClFN2O. The van der Waals surface area contributed by atoms with Gasteiger partial charge in [0.1, 0.15) is 5.82 Å². The Balaban J connectivity index is 0.00000180. The van der Waals surface area contributed by atoms with Crippen LogP contribution < -0.4 is 10.6 Å². The van der Waals surface area contributed by atoms with E-state index in [1.807, 2.05) is 0 Å². The maximum absolute atomic E-state index is 12.9. The van der Waals surface area contributed by atoms with Crippen molar-refractivity contribution in [1.29, 1.82) is 0 Å². The Bertz CT molecular complexity index is 488. The number of carbonyl (C=O) groups is 1. The molecule has 0 spiro atoms. The summed E-state index contributed by atoms with van der Waals surface area (Å²) in [5, 5.41) is 6.09. The Morgan fingerprint density at radius 2 is 2.26 bits per heavy atom. The minimum Gasteiger partial charge on any atom is -0.348 e. The third-order valence-corrected chi connectivity index (χ3v) is 3.07. The van der Waals surface area contributed by atoms with Crippen LogP contribution in [0.25, 0.3) is 0 Å². The van der Waals surface area contributed by atoms with Crippen molar-refractivity contribution in [2.75, 3.05) is 19.6 Å². The van der Waals surface area contributed by atoms with Gasteiger partial charge in [-0.2, -0.15) is 0 Å². The van der Waals surface area contributed by atoms with Crippen molar-refractivity contribution in [3.63, 3.8) is 0 Å². The normalized spacial score (nSPS) is 14.3. The van der Waals surface area contributed by atoms with Gasteiger partial charge < -0.3 is 10.6 Å². The average molecular weight is 285 g/mol. The molecule has 1 aliphatic rings. The second-order valence-corrected chi connectivity index (χ2v) is 4.46. The van der Waals surface area contributed by atoms with Crippen LogP contribution in [0.4, 0.5) is 4.39 Å². The van der Waals surface area contributed by atoms with Crippen LogP contribution in [0, 0.1) is 12.7 Å². The number of nitrogens with one attached hydrogen (secondary N) is 2. The van der Waals surface area contributed by atoms with Gasteiger partial charge in [-0.25, -0.2) is 4.39 Å². The molecule has 0 radical (unpaired) electrons. The predicted octanol–water partition coefficient (Wildman–Crippen LogP) is 2.21. The molecular weight excluding hydrogens is 267 g/mol. The zero-order valence-electron chi connectivity index (χ0n) is 10.8. The molecule has 1 amide bonds. The smallest absolute Gasteiger partial charge is 0.251 e. The number of rotatable bonds is 3. The predicted molar refractivity (Wildman–Crippen MR) is 76.3 cm³/mol. The zero-order valence-corrected chi connectivity index (χ0v) is 11.6. The average Bonchev–Trinajstić information content (AvgIpc) is 2.37. The van der Waals surface area contributed by atoms with Crippen LogP contribution in [0.3, 0.4) is 0 Å². The summed E-state index contributed by atoms with van der Waals surface area (Å²) in [7, 11) is 0. The largest absolute Gasteiger partial charge is 0.348 e. The first kappa shape index (κ1) is 15.7. The standard InChI is InChI=1S/C14H17FN2O.ClH/c1-10-8-12(15)2-3-13(10)14(18)17-9-11-4-6-16-7-5-11;/h2-4,8,16H,5-7,9H2,1H3,(H,17,18);1H. The van der Waals surface area contributed by atoms with E-state index in [0.717, 1.165) is 19.5 Å². The highest BCUT2D eigenvalue weighted by Gasteiger charge is 2.10. The second kappa shape index (κ2) is 7.26. The first-order chi connectivity index (χ1) is 8.66. The molecule has 0 saturated heterocycles. The fourth-order valence-electron chi connectivity index (χ4n) is 2.00. The minimum absolute atomic E-state index is 0. The SMILES string of the molecule is Cc1cc(F)ccc1C(=O)NCC1=CCNCC1.Cl. The van der Waals surface area contributed by atoms with Gasteiger partial charge >= 0.3 is 0 Å². The summed E-state index contributed by atoms with van der Waals surface area (Å²) >= 11 is 0. The maximum atomic E-state index is 12.9. The lowest BCUT2D eigenvalue weighted by molar-refractivity contribution is 0.0956. The third kappa shape index (κ3) is 4.33. The summed E-state index contributed by atoms with van der Waals surface area (Å²) in [6, 6.07) is 4.21. The molecule has 1 aromatic rings. The number of aryl methyl sites for hydroxylation is 1. The van der Waals surface area contributed by atoms with Crippen LogP contribution in [-0.4, -0.2) is 25.5 Å². The Morgan fingerprint density at radius 3 is 2.89 bits per heavy atom. The summed E-state index contributed by atoms with van der Waals surface area (Å²) in [6.07, 6.45) is 3.06. The molecule has 3 nitrogen and oxygen atoms in total. The quantitative estimate of drug-likeness (QED) is 0.836. The molecule has 0 bridgehead atoms. The van der Waals surface area contributed by atoms with Gasteiger partial charge in [-0.1, -0.05) is 11.6 Å². The lowest BCUT2D eigenvalue weighted by Gasteiger charge is -2.15. The van der Waals surface area contributed by atoms with Crippen molar-refractivity contribution in [3.8, 4) is 0 Å². The molecule has 0 atom stereocenters. The van der Waals surface area contributed by atoms with Crippen LogP contribution in [0.2, 0.25) is 0 Å². The van der Waals surface area contributed by atoms with E-state index >= 15 is 0 Å². The molecule has 0 aliphatic carbocycles. The van der Waals surface area contributed by atoms with Gasteiger partial charge in [0.15, 0.2) is 0 Å². The van der Waals surface area contributed by atoms with Gasteiger partial charge in [0.25, 0.3) is 5.91 Å². The molecule has 5 heteroatoms. The minimum atomic E-state index is -0.315. The topological polar surface area (TPSA) is 41.1 Å². The van der Waals surface area contributed by atoms with E-state index in [9.17, 15) is 9.18 Å². The van der Waals surface area contributed by atoms with E-state index in [4.69, 9.17) is 0 Å². The highest BCUT2D eigenvalue weighted by Crippen LogP contribution is 2.10. The first-order valence-corrected chi connectivity index (χ1v) is 6.10. The number of benzene rings is 1. The van der Waals surface area contributed by atoms with Crippen LogP contribution in [-0.2, 0) is 0 Å². The van der Waals surface area contributed by atoms with Gasteiger partial charge in [-0.05, 0) is 43.7 Å². The highest BCUT2D eigenvalue weighted by molar-refractivity contribution is 5.95. The van der Waals surface area contributed by atoms with E-state index in [1.54, 1.807) is 6.92 Å². The molecule has 1 heterocycles. The number of hydrogen-bond acceptors (Lipinski definition) is 2. The summed E-state index contributed by atoms with van der Waals surface area (Å²) in [5.74, 6) is -0.461. The van der Waals surface area contributed by atoms with Crippen molar-refractivity contribution in [3.05, 3.63) is 46.8 Å². The van der Waals surface area contributed by atoms with Crippen LogP contribution in [0.1, 0.15) is 22.3 Å². The van der Waals surface area contributed by atoms with Crippen molar-refractivity contribution in [2.24, 2.45) is 0 Å². The summed E-state index contributed by atoms with van der Waals surface area (Å²) < 4.78 is 12.9. The second-order valence-electron chi connectivity index (χ2n) is 4.46. The Labute approximate surface area is 118 Å². The molecule has 1 aliphatic heterocycles.